The van der Waals surface area contributed by atoms with Crippen LogP contribution >= 0.6 is 23.2 Å². The summed E-state index contributed by atoms with van der Waals surface area (Å²) in [5.41, 5.74) is 3.72. The topological polar surface area (TPSA) is 67.4 Å². The van der Waals surface area contributed by atoms with Crippen molar-refractivity contribution in [2.24, 2.45) is 0 Å². The van der Waals surface area contributed by atoms with Crippen molar-refractivity contribution in [1.82, 2.24) is 0 Å². The molecule has 0 saturated heterocycles. The molecule has 0 unspecified atom stereocenters. The fourth-order valence-electron chi connectivity index (χ4n) is 2.71. The molecule has 0 saturated carbocycles. The predicted octanol–water partition coefficient (Wildman–Crippen LogP) is 5.88. The van der Waals surface area contributed by atoms with Gasteiger partial charge >= 0.3 is 0 Å². The Morgan fingerprint density at radius 1 is 0.900 bits per heavy atom. The van der Waals surface area contributed by atoms with E-state index in [1.807, 2.05) is 32.0 Å². The molecule has 154 valence electrons. The van der Waals surface area contributed by atoms with Crippen LogP contribution in [0.15, 0.2) is 60.7 Å². The Labute approximate surface area is 185 Å². The Morgan fingerprint density at radius 2 is 1.63 bits per heavy atom. The first-order valence-electron chi connectivity index (χ1n) is 9.19. The van der Waals surface area contributed by atoms with Gasteiger partial charge in [0.1, 0.15) is 5.75 Å². The number of nitrogens with one attached hydrogen (secondary N) is 2. The number of carbonyl (C=O) groups is 2. The molecule has 3 aromatic carbocycles. The molecule has 30 heavy (non-hydrogen) atoms. The van der Waals surface area contributed by atoms with E-state index in [9.17, 15) is 9.59 Å². The highest BCUT2D eigenvalue weighted by Crippen LogP contribution is 2.26. The maximum atomic E-state index is 12.4. The zero-order chi connectivity index (χ0) is 21.7. The van der Waals surface area contributed by atoms with Gasteiger partial charge in [-0.15, -0.1) is 0 Å². The standard InChI is InChI=1S/C23H20Cl2N2O3/c1-14-4-3-5-20(15(14)2)26-22(28)13-30-18-9-6-16(7-10-18)23(29)27-21-12-17(24)8-11-19(21)25/h3-12H,13H2,1-2H3,(H,26,28)(H,27,29). The molecule has 3 aromatic rings. The molecule has 0 fully saturated rings. The fourth-order valence-corrected chi connectivity index (χ4v) is 3.05. The first-order valence-corrected chi connectivity index (χ1v) is 9.94. The Balaban J connectivity index is 1.56. The second-order valence-corrected chi connectivity index (χ2v) is 7.53. The number of rotatable bonds is 6. The highest BCUT2D eigenvalue weighted by atomic mass is 35.5. The second kappa shape index (κ2) is 9.65. The molecule has 0 atom stereocenters. The van der Waals surface area contributed by atoms with Crippen molar-refractivity contribution < 1.29 is 14.3 Å². The first-order chi connectivity index (χ1) is 14.3. The third-order valence-electron chi connectivity index (χ3n) is 4.54. The van der Waals surface area contributed by atoms with Crippen LogP contribution in [0.1, 0.15) is 21.5 Å². The summed E-state index contributed by atoms with van der Waals surface area (Å²) < 4.78 is 5.52. The SMILES string of the molecule is Cc1cccc(NC(=O)COc2ccc(C(=O)Nc3cc(Cl)ccc3Cl)cc2)c1C. The van der Waals surface area contributed by atoms with Gasteiger partial charge in [0.2, 0.25) is 0 Å². The molecule has 5 nitrogen and oxygen atoms in total. The van der Waals surface area contributed by atoms with Gasteiger partial charge in [0.15, 0.2) is 6.61 Å². The lowest BCUT2D eigenvalue weighted by Crippen LogP contribution is -2.20. The van der Waals surface area contributed by atoms with E-state index in [-0.39, 0.29) is 18.4 Å². The van der Waals surface area contributed by atoms with E-state index in [0.29, 0.717) is 27.0 Å². The van der Waals surface area contributed by atoms with Crippen LogP contribution in [0.25, 0.3) is 0 Å². The van der Waals surface area contributed by atoms with Crippen LogP contribution in [-0.2, 0) is 4.79 Å². The van der Waals surface area contributed by atoms with E-state index >= 15 is 0 Å². The Kier molecular flexibility index (Phi) is 6.98. The maximum Gasteiger partial charge on any atom is 0.262 e. The van der Waals surface area contributed by atoms with E-state index in [1.165, 1.54) is 0 Å². The van der Waals surface area contributed by atoms with Crippen molar-refractivity contribution in [3.05, 3.63) is 87.4 Å². The minimum absolute atomic E-state index is 0.142. The van der Waals surface area contributed by atoms with Gasteiger partial charge in [-0.25, -0.2) is 0 Å². The van der Waals surface area contributed by atoms with Crippen molar-refractivity contribution in [3.8, 4) is 5.75 Å². The van der Waals surface area contributed by atoms with Crippen LogP contribution < -0.4 is 15.4 Å². The largest absolute Gasteiger partial charge is 0.484 e. The molecule has 0 aliphatic heterocycles. The highest BCUT2D eigenvalue weighted by Gasteiger charge is 2.11. The van der Waals surface area contributed by atoms with Crippen molar-refractivity contribution in [2.75, 3.05) is 17.2 Å². The van der Waals surface area contributed by atoms with Crippen molar-refractivity contribution in [2.45, 2.75) is 13.8 Å². The molecule has 7 heteroatoms. The molecule has 0 aromatic heterocycles. The quantitative estimate of drug-likeness (QED) is 0.500. The number of anilines is 2. The Morgan fingerprint density at radius 3 is 2.37 bits per heavy atom. The van der Waals surface area contributed by atoms with Gasteiger partial charge in [-0.1, -0.05) is 35.3 Å². The average Bonchev–Trinajstić information content (AvgIpc) is 2.73. The van der Waals surface area contributed by atoms with Gasteiger partial charge in [-0.3, -0.25) is 9.59 Å². The Bertz CT molecular complexity index is 1080. The lowest BCUT2D eigenvalue weighted by Gasteiger charge is -2.11. The zero-order valence-electron chi connectivity index (χ0n) is 16.5. The lowest BCUT2D eigenvalue weighted by molar-refractivity contribution is -0.118. The highest BCUT2D eigenvalue weighted by molar-refractivity contribution is 6.35. The summed E-state index contributed by atoms with van der Waals surface area (Å²) in [6.07, 6.45) is 0. The normalized spacial score (nSPS) is 10.4. The molecular weight excluding hydrogens is 423 g/mol. The maximum absolute atomic E-state index is 12.4. The average molecular weight is 443 g/mol. The summed E-state index contributed by atoms with van der Waals surface area (Å²) >= 11 is 12.0. The van der Waals surface area contributed by atoms with Gasteiger partial charge in [0.05, 0.1) is 10.7 Å². The molecule has 0 heterocycles. The van der Waals surface area contributed by atoms with Crippen LogP contribution in [0.2, 0.25) is 10.0 Å². The predicted molar refractivity (Wildman–Crippen MR) is 121 cm³/mol. The van der Waals surface area contributed by atoms with Gasteiger partial charge in [-0.05, 0) is 73.5 Å². The van der Waals surface area contributed by atoms with Crippen molar-refractivity contribution in [1.29, 1.82) is 0 Å². The van der Waals surface area contributed by atoms with Crippen LogP contribution in [0, 0.1) is 13.8 Å². The van der Waals surface area contributed by atoms with E-state index in [2.05, 4.69) is 10.6 Å². The van der Waals surface area contributed by atoms with Crippen LogP contribution in [-0.4, -0.2) is 18.4 Å². The summed E-state index contributed by atoms with van der Waals surface area (Å²) in [5, 5.41) is 6.41. The summed E-state index contributed by atoms with van der Waals surface area (Å²) in [7, 11) is 0. The third-order valence-corrected chi connectivity index (χ3v) is 5.11. The number of carbonyl (C=O) groups excluding carboxylic acids is 2. The van der Waals surface area contributed by atoms with E-state index < -0.39 is 0 Å². The molecule has 2 amide bonds. The number of aryl methyl sites for hydroxylation is 1. The van der Waals surface area contributed by atoms with Gasteiger partial charge in [0.25, 0.3) is 11.8 Å². The third kappa shape index (κ3) is 5.53. The summed E-state index contributed by atoms with van der Waals surface area (Å²) in [6, 6.07) is 17.0. The van der Waals surface area contributed by atoms with Crippen LogP contribution in [0.5, 0.6) is 5.75 Å². The molecule has 0 aliphatic rings. The van der Waals surface area contributed by atoms with E-state index in [4.69, 9.17) is 27.9 Å². The number of benzene rings is 3. The second-order valence-electron chi connectivity index (χ2n) is 6.69. The van der Waals surface area contributed by atoms with Gasteiger partial charge in [0, 0.05) is 16.3 Å². The molecule has 2 N–H and O–H groups in total. The summed E-state index contributed by atoms with van der Waals surface area (Å²) in [6.45, 7) is 3.79. The zero-order valence-corrected chi connectivity index (χ0v) is 18.0. The summed E-state index contributed by atoms with van der Waals surface area (Å²) in [5.74, 6) is -0.122. The molecular formula is C23H20Cl2N2O3. The fraction of sp³-hybridized carbons (Fsp3) is 0.130. The van der Waals surface area contributed by atoms with E-state index in [1.54, 1.807) is 42.5 Å². The van der Waals surface area contributed by atoms with Gasteiger partial charge in [-0.2, -0.15) is 0 Å². The van der Waals surface area contributed by atoms with Crippen LogP contribution in [0.3, 0.4) is 0 Å². The van der Waals surface area contributed by atoms with Crippen LogP contribution in [0.4, 0.5) is 11.4 Å². The van der Waals surface area contributed by atoms with Gasteiger partial charge < -0.3 is 15.4 Å². The number of halogens is 2. The first kappa shape index (κ1) is 21.7. The number of hydrogen-bond acceptors (Lipinski definition) is 3. The molecule has 0 radical (unpaired) electrons. The number of ether oxygens (including phenoxy) is 1. The number of amides is 2. The van der Waals surface area contributed by atoms with Crippen molar-refractivity contribution in [3.63, 3.8) is 0 Å². The lowest BCUT2D eigenvalue weighted by atomic mass is 10.1. The van der Waals surface area contributed by atoms with E-state index in [0.717, 1.165) is 16.8 Å². The minimum atomic E-state index is -0.335. The Hall–Kier alpha value is -3.02. The molecule has 3 rings (SSSR count). The smallest absolute Gasteiger partial charge is 0.262 e. The monoisotopic (exact) mass is 442 g/mol. The molecule has 0 aliphatic carbocycles. The van der Waals surface area contributed by atoms with Crippen molar-refractivity contribution >= 4 is 46.4 Å². The minimum Gasteiger partial charge on any atom is -0.484 e. The summed E-state index contributed by atoms with van der Waals surface area (Å²) in [4.78, 5) is 24.6. The number of hydrogen-bond donors (Lipinski definition) is 2. The molecule has 0 bridgehead atoms. The molecule has 0 spiro atoms.